The molecule has 2 aromatic rings. The zero-order valence-electron chi connectivity index (χ0n) is 18.5. The second-order valence-corrected chi connectivity index (χ2v) is 8.20. The maximum Gasteiger partial charge on any atom is 0.309 e. The highest BCUT2D eigenvalue weighted by Gasteiger charge is 2.33. The van der Waals surface area contributed by atoms with E-state index < -0.39 is 0 Å². The van der Waals surface area contributed by atoms with Crippen LogP contribution in [0.5, 0.6) is 0 Å². The molecule has 168 valence electrons. The molecular formula is C26H28O6. The van der Waals surface area contributed by atoms with Gasteiger partial charge in [-0.3, -0.25) is 19.2 Å². The smallest absolute Gasteiger partial charge is 0.309 e. The molecule has 0 N–H and O–H groups in total. The van der Waals surface area contributed by atoms with Gasteiger partial charge in [0.15, 0.2) is 11.6 Å². The Morgan fingerprint density at radius 2 is 1.12 bits per heavy atom. The van der Waals surface area contributed by atoms with Gasteiger partial charge in [0.2, 0.25) is 0 Å². The Hall–Kier alpha value is -3.28. The molecule has 0 aliphatic heterocycles. The number of ketones is 2. The standard InChI is InChI=1S/C26H28O6/c1-17(27)23-12-5-3-8-21(23)15-31-25(29)19-10-7-11-20(14-19)26(30)32-16-22-9-4-6-13-24(22)18(2)28/h3-6,8-9,12-13,19-20H,7,10-11,14-16H2,1-2H3. The Morgan fingerprint density at radius 1 is 0.719 bits per heavy atom. The summed E-state index contributed by atoms with van der Waals surface area (Å²) in [5.41, 5.74) is 2.42. The Labute approximate surface area is 187 Å². The number of esters is 2. The lowest BCUT2D eigenvalue weighted by Gasteiger charge is -2.26. The molecule has 0 radical (unpaired) electrons. The zero-order chi connectivity index (χ0) is 23.1. The highest BCUT2D eigenvalue weighted by molar-refractivity contribution is 5.96. The van der Waals surface area contributed by atoms with Gasteiger partial charge in [-0.2, -0.15) is 0 Å². The fourth-order valence-electron chi connectivity index (χ4n) is 4.13. The first-order valence-corrected chi connectivity index (χ1v) is 10.9. The summed E-state index contributed by atoms with van der Waals surface area (Å²) in [6.07, 6.45) is 2.42. The number of carbonyl (C=O) groups excluding carboxylic acids is 4. The summed E-state index contributed by atoms with van der Waals surface area (Å²) >= 11 is 0. The molecule has 0 saturated heterocycles. The molecule has 1 aliphatic rings. The number of hydrogen-bond acceptors (Lipinski definition) is 6. The third kappa shape index (κ3) is 5.90. The fourth-order valence-corrected chi connectivity index (χ4v) is 4.13. The Balaban J connectivity index is 1.54. The van der Waals surface area contributed by atoms with Crippen molar-refractivity contribution in [2.45, 2.75) is 52.7 Å². The van der Waals surface area contributed by atoms with Gasteiger partial charge in [0.05, 0.1) is 11.8 Å². The lowest BCUT2D eigenvalue weighted by atomic mass is 9.81. The van der Waals surface area contributed by atoms with Crippen molar-refractivity contribution in [3.05, 3.63) is 70.8 Å². The summed E-state index contributed by atoms with van der Waals surface area (Å²) in [7, 11) is 0. The van der Waals surface area contributed by atoms with E-state index in [1.807, 2.05) is 0 Å². The third-order valence-corrected chi connectivity index (χ3v) is 5.87. The summed E-state index contributed by atoms with van der Waals surface area (Å²) < 4.78 is 11.0. The van der Waals surface area contributed by atoms with Gasteiger partial charge in [0.1, 0.15) is 13.2 Å². The van der Waals surface area contributed by atoms with Crippen LogP contribution in [0.3, 0.4) is 0 Å². The zero-order valence-corrected chi connectivity index (χ0v) is 18.5. The van der Waals surface area contributed by atoms with Gasteiger partial charge < -0.3 is 9.47 Å². The molecule has 1 saturated carbocycles. The maximum absolute atomic E-state index is 12.6. The number of carbonyl (C=O) groups is 4. The van der Waals surface area contributed by atoms with E-state index in [-0.39, 0.29) is 48.6 Å². The molecule has 0 bridgehead atoms. The van der Waals surface area contributed by atoms with E-state index in [0.29, 0.717) is 41.5 Å². The third-order valence-electron chi connectivity index (χ3n) is 5.87. The van der Waals surface area contributed by atoms with Crippen molar-refractivity contribution in [3.63, 3.8) is 0 Å². The molecule has 6 nitrogen and oxygen atoms in total. The lowest BCUT2D eigenvalue weighted by Crippen LogP contribution is -2.29. The van der Waals surface area contributed by atoms with Crippen LogP contribution in [0.1, 0.15) is 71.4 Å². The van der Waals surface area contributed by atoms with E-state index in [4.69, 9.17) is 9.47 Å². The van der Waals surface area contributed by atoms with Gasteiger partial charge in [0, 0.05) is 22.3 Å². The topological polar surface area (TPSA) is 86.7 Å². The van der Waals surface area contributed by atoms with Crippen LogP contribution in [0.4, 0.5) is 0 Å². The molecule has 1 fully saturated rings. The van der Waals surface area contributed by atoms with Gasteiger partial charge in [0.25, 0.3) is 0 Å². The van der Waals surface area contributed by atoms with E-state index in [9.17, 15) is 19.2 Å². The second-order valence-electron chi connectivity index (χ2n) is 8.20. The minimum atomic E-state index is -0.379. The molecule has 6 heteroatoms. The minimum Gasteiger partial charge on any atom is -0.461 e. The van der Waals surface area contributed by atoms with Gasteiger partial charge in [-0.25, -0.2) is 0 Å². The second kappa shape index (κ2) is 10.8. The molecule has 0 spiro atoms. The van der Waals surface area contributed by atoms with Crippen molar-refractivity contribution in [2.75, 3.05) is 0 Å². The van der Waals surface area contributed by atoms with Crippen LogP contribution < -0.4 is 0 Å². The molecule has 2 unspecified atom stereocenters. The summed E-state index contributed by atoms with van der Waals surface area (Å²) in [6.45, 7) is 3.02. The molecule has 2 atom stereocenters. The van der Waals surface area contributed by atoms with E-state index in [1.165, 1.54) is 13.8 Å². The molecule has 3 rings (SSSR count). The van der Waals surface area contributed by atoms with E-state index >= 15 is 0 Å². The first kappa shape index (κ1) is 23.4. The summed E-state index contributed by atoms with van der Waals surface area (Å²) in [5, 5.41) is 0. The van der Waals surface area contributed by atoms with Gasteiger partial charge in [-0.05, 0) is 33.1 Å². The van der Waals surface area contributed by atoms with Gasteiger partial charge in [-0.15, -0.1) is 0 Å². The van der Waals surface area contributed by atoms with Crippen LogP contribution in [0.2, 0.25) is 0 Å². The van der Waals surface area contributed by atoms with E-state index in [0.717, 1.165) is 6.42 Å². The maximum atomic E-state index is 12.6. The highest BCUT2D eigenvalue weighted by atomic mass is 16.5. The Kier molecular flexibility index (Phi) is 7.92. The number of benzene rings is 2. The normalized spacial score (nSPS) is 17.9. The fraction of sp³-hybridized carbons (Fsp3) is 0.385. The van der Waals surface area contributed by atoms with Crippen molar-refractivity contribution in [1.29, 1.82) is 0 Å². The van der Waals surface area contributed by atoms with Crippen LogP contribution in [-0.4, -0.2) is 23.5 Å². The minimum absolute atomic E-state index is 0.0298. The predicted molar refractivity (Wildman–Crippen MR) is 118 cm³/mol. The lowest BCUT2D eigenvalue weighted by molar-refractivity contribution is -0.156. The summed E-state index contributed by atoms with van der Waals surface area (Å²) in [6, 6.07) is 14.1. The van der Waals surface area contributed by atoms with E-state index in [1.54, 1.807) is 48.5 Å². The Bertz CT molecular complexity index is 929. The van der Waals surface area contributed by atoms with Crippen molar-refractivity contribution in [1.82, 2.24) is 0 Å². The predicted octanol–water partition coefficient (Wildman–Crippen LogP) is 4.68. The number of hydrogen-bond donors (Lipinski definition) is 0. The van der Waals surface area contributed by atoms with Crippen molar-refractivity contribution in [3.8, 4) is 0 Å². The molecule has 32 heavy (non-hydrogen) atoms. The SMILES string of the molecule is CC(=O)c1ccccc1COC(=O)C1CCCC(C(=O)OCc2ccccc2C(C)=O)C1. The van der Waals surface area contributed by atoms with Crippen LogP contribution in [0.25, 0.3) is 0 Å². The highest BCUT2D eigenvalue weighted by Crippen LogP contribution is 2.31. The largest absolute Gasteiger partial charge is 0.461 e. The van der Waals surface area contributed by atoms with Crippen LogP contribution in [-0.2, 0) is 32.3 Å². The van der Waals surface area contributed by atoms with Gasteiger partial charge in [-0.1, -0.05) is 55.0 Å². The average Bonchev–Trinajstić information content (AvgIpc) is 2.81. The molecule has 1 aliphatic carbocycles. The molecule has 0 heterocycles. The van der Waals surface area contributed by atoms with Crippen molar-refractivity contribution >= 4 is 23.5 Å². The number of ether oxygens (including phenoxy) is 2. The van der Waals surface area contributed by atoms with E-state index in [2.05, 4.69) is 0 Å². The average molecular weight is 437 g/mol. The first-order valence-electron chi connectivity index (χ1n) is 10.9. The molecule has 2 aromatic carbocycles. The van der Waals surface area contributed by atoms with Crippen molar-refractivity contribution in [2.24, 2.45) is 11.8 Å². The molecular weight excluding hydrogens is 408 g/mol. The summed E-state index contributed by atoms with van der Waals surface area (Å²) in [4.78, 5) is 48.7. The van der Waals surface area contributed by atoms with Crippen LogP contribution in [0.15, 0.2) is 48.5 Å². The number of Topliss-reactive ketones (excluding diaryl/α,β-unsaturated/α-hetero) is 2. The molecule has 0 aromatic heterocycles. The molecule has 0 amide bonds. The van der Waals surface area contributed by atoms with Crippen LogP contribution >= 0.6 is 0 Å². The quantitative estimate of drug-likeness (QED) is 0.441. The number of rotatable bonds is 8. The summed E-state index contributed by atoms with van der Waals surface area (Å²) in [5.74, 6) is -1.64. The first-order chi connectivity index (χ1) is 15.4. The van der Waals surface area contributed by atoms with Crippen molar-refractivity contribution < 1.29 is 28.7 Å². The monoisotopic (exact) mass is 436 g/mol. The van der Waals surface area contributed by atoms with Crippen LogP contribution in [0, 0.1) is 11.8 Å². The van der Waals surface area contributed by atoms with Gasteiger partial charge >= 0.3 is 11.9 Å². The Morgan fingerprint density at radius 3 is 1.53 bits per heavy atom.